The fraction of sp³-hybridized carbons (Fsp3) is 0.556. The first-order valence-corrected chi connectivity index (χ1v) is 24.9. The van der Waals surface area contributed by atoms with Gasteiger partial charge in [0.25, 0.3) is 0 Å². The summed E-state index contributed by atoms with van der Waals surface area (Å²) in [4.78, 5) is 84.8. The first kappa shape index (κ1) is 52.3. The molecule has 3 heterocycles. The maximum atomic E-state index is 13.8. The number of ether oxygens (including phenoxy) is 3. The second kappa shape index (κ2) is 23.9. The molecular weight excluding hydrogens is 877 g/mol. The second-order valence-corrected chi connectivity index (χ2v) is 19.7. The van der Waals surface area contributed by atoms with Gasteiger partial charge in [0.2, 0.25) is 29.5 Å². The number of likely N-dealkylation sites (N-methyl/N-ethyl adjacent to an activating group) is 1. The highest BCUT2D eigenvalue weighted by atomic mass is 16.6. The van der Waals surface area contributed by atoms with Crippen LogP contribution in [0.4, 0.5) is 4.79 Å². The third-order valence-electron chi connectivity index (χ3n) is 14.4. The quantitative estimate of drug-likeness (QED) is 0.159. The van der Waals surface area contributed by atoms with Crippen molar-refractivity contribution in [1.29, 1.82) is 0 Å². The predicted octanol–water partition coefficient (Wildman–Crippen LogP) is 6.70. The Kier molecular flexibility index (Phi) is 18.1. The first-order chi connectivity index (χ1) is 33.0. The summed E-state index contributed by atoms with van der Waals surface area (Å²) in [5.41, 5.74) is 0.863. The Labute approximate surface area is 408 Å². The molecule has 15 nitrogen and oxygen atoms in total. The summed E-state index contributed by atoms with van der Waals surface area (Å²) in [5.74, 6) is 0.945. The van der Waals surface area contributed by atoms with Gasteiger partial charge in [-0.2, -0.15) is 0 Å². The Morgan fingerprint density at radius 1 is 0.638 bits per heavy atom. The highest BCUT2D eigenvalue weighted by Gasteiger charge is 2.54. The summed E-state index contributed by atoms with van der Waals surface area (Å²) in [6.07, 6.45) is 3.34. The van der Waals surface area contributed by atoms with Crippen LogP contribution in [0.5, 0.6) is 11.5 Å². The van der Waals surface area contributed by atoms with Crippen molar-refractivity contribution in [2.45, 2.75) is 143 Å². The smallest absolute Gasteiger partial charge is 0.410 e. The first-order valence-electron chi connectivity index (χ1n) is 24.9. The topological polar surface area (TPSA) is 167 Å². The van der Waals surface area contributed by atoms with E-state index in [1.807, 2.05) is 147 Å². The maximum Gasteiger partial charge on any atom is 0.410 e. The van der Waals surface area contributed by atoms with Gasteiger partial charge in [0.15, 0.2) is 0 Å². The monoisotopic (exact) mass is 951 g/mol. The normalized spacial score (nSPS) is 23.1. The summed E-state index contributed by atoms with van der Waals surface area (Å²) in [6, 6.07) is 26.2. The van der Waals surface area contributed by atoms with Crippen molar-refractivity contribution < 1.29 is 43.0 Å². The van der Waals surface area contributed by atoms with Gasteiger partial charge in [0, 0.05) is 33.0 Å². The number of likely N-dealkylation sites (tertiary alicyclic amines) is 3. The molecule has 2 N–H and O–H groups in total. The van der Waals surface area contributed by atoms with Crippen molar-refractivity contribution in [3.63, 3.8) is 0 Å². The van der Waals surface area contributed by atoms with Crippen LogP contribution in [0.2, 0.25) is 0 Å². The zero-order valence-corrected chi connectivity index (χ0v) is 41.9. The number of hydrogen-bond donors (Lipinski definition) is 2. The Morgan fingerprint density at radius 3 is 1.68 bits per heavy atom. The lowest BCUT2D eigenvalue weighted by atomic mass is 9.99. The largest absolute Gasteiger partial charge is 0.488 e. The van der Waals surface area contributed by atoms with Gasteiger partial charge in [0.05, 0.1) is 24.7 Å². The van der Waals surface area contributed by atoms with Gasteiger partial charge in [-0.05, 0) is 86.6 Å². The van der Waals surface area contributed by atoms with Crippen molar-refractivity contribution in [3.05, 3.63) is 96.6 Å². The number of carbonyl (C=O) groups excluding carboxylic acids is 6. The molecule has 3 saturated heterocycles. The molecule has 1 saturated carbocycles. The molecule has 3 aromatic carbocycles. The van der Waals surface area contributed by atoms with E-state index < -0.39 is 30.1 Å². The number of rotatable bonds is 16. The number of amides is 6. The lowest BCUT2D eigenvalue weighted by Gasteiger charge is -2.34. The van der Waals surface area contributed by atoms with Gasteiger partial charge in [-0.3, -0.25) is 28.9 Å². The van der Waals surface area contributed by atoms with E-state index in [9.17, 15) is 28.8 Å². The maximum absolute atomic E-state index is 13.8. The number of nitrogens with zero attached hydrogens (tertiary/aromatic N) is 4. The molecule has 0 radical (unpaired) electrons. The van der Waals surface area contributed by atoms with Crippen LogP contribution in [0.15, 0.2) is 91.0 Å². The SMILES string of the molecule is CC(C)[C@H](NC(=O)[C@H](C)N(C)C(=O)OCc1ccccc1)C(=O)N1CC[C@H]2CC[C@H](Oc3ccccc3)[C@H]21.CC[C@@H](C)C(=O)N[C@H](C(=O)N1CC[C@@H]2[C@H]1[C@@H](Oc1ccccc1)CN2C(C)=O)C(C)C. The summed E-state index contributed by atoms with van der Waals surface area (Å²) in [5, 5.41) is 5.90. The Bertz CT molecular complexity index is 2200. The van der Waals surface area contributed by atoms with Crippen molar-refractivity contribution in [2.75, 3.05) is 26.7 Å². The van der Waals surface area contributed by atoms with Crippen molar-refractivity contribution >= 4 is 35.6 Å². The van der Waals surface area contributed by atoms with E-state index in [1.54, 1.807) is 13.8 Å². The minimum atomic E-state index is -0.806. The van der Waals surface area contributed by atoms with E-state index >= 15 is 0 Å². The number of fused-ring (bicyclic) bond motifs is 2. The number of carbonyl (C=O) groups is 6. The summed E-state index contributed by atoms with van der Waals surface area (Å²) < 4.78 is 17.9. The Hall–Kier alpha value is -6.12. The molecule has 15 heteroatoms. The molecule has 6 amide bonds. The minimum absolute atomic E-state index is 0.00561. The third-order valence-corrected chi connectivity index (χ3v) is 14.4. The van der Waals surface area contributed by atoms with Crippen LogP contribution in [0.3, 0.4) is 0 Å². The van der Waals surface area contributed by atoms with Crippen LogP contribution in [0.25, 0.3) is 0 Å². The fourth-order valence-electron chi connectivity index (χ4n) is 10.0. The van der Waals surface area contributed by atoms with E-state index in [2.05, 4.69) is 10.6 Å². The molecular formula is C54H74N6O9. The van der Waals surface area contributed by atoms with E-state index in [-0.39, 0.29) is 78.3 Å². The van der Waals surface area contributed by atoms with Crippen LogP contribution in [-0.4, -0.2) is 130 Å². The molecule has 69 heavy (non-hydrogen) atoms. The summed E-state index contributed by atoms with van der Waals surface area (Å²) in [6.45, 7) is 16.5. The molecule has 4 fully saturated rings. The highest BCUT2D eigenvalue weighted by Crippen LogP contribution is 2.41. The summed E-state index contributed by atoms with van der Waals surface area (Å²) in [7, 11) is 1.53. The minimum Gasteiger partial charge on any atom is -0.488 e. The van der Waals surface area contributed by atoms with Crippen LogP contribution < -0.4 is 20.1 Å². The zero-order valence-electron chi connectivity index (χ0n) is 41.9. The van der Waals surface area contributed by atoms with Gasteiger partial charge in [-0.25, -0.2) is 4.79 Å². The molecule has 0 spiro atoms. The molecule has 4 aliphatic rings. The lowest BCUT2D eigenvalue weighted by molar-refractivity contribution is -0.140. The van der Waals surface area contributed by atoms with E-state index in [0.29, 0.717) is 25.6 Å². The molecule has 1 aliphatic carbocycles. The van der Waals surface area contributed by atoms with Crippen LogP contribution in [-0.2, 0) is 35.3 Å². The molecule has 0 bridgehead atoms. The van der Waals surface area contributed by atoms with Gasteiger partial charge in [0.1, 0.15) is 48.4 Å². The van der Waals surface area contributed by atoms with Gasteiger partial charge in [-0.15, -0.1) is 0 Å². The van der Waals surface area contributed by atoms with Gasteiger partial charge in [-0.1, -0.05) is 108 Å². The number of hydrogen-bond acceptors (Lipinski definition) is 9. The number of nitrogens with one attached hydrogen (secondary N) is 2. The zero-order chi connectivity index (χ0) is 49.9. The van der Waals surface area contributed by atoms with E-state index in [4.69, 9.17) is 14.2 Å². The predicted molar refractivity (Wildman–Crippen MR) is 263 cm³/mol. The average Bonchev–Trinajstić information content (AvgIpc) is 4.15. The van der Waals surface area contributed by atoms with E-state index in [1.165, 1.54) is 11.9 Å². The molecule has 0 aromatic heterocycles. The Balaban J connectivity index is 0.000000232. The average molecular weight is 951 g/mol. The second-order valence-electron chi connectivity index (χ2n) is 19.7. The third kappa shape index (κ3) is 12.8. The standard InChI is InChI=1S/C30H39N3O5.C24H35N3O4/c1-20(2)26(31-28(34)21(3)32(4)30(36)37-19-22-11-7-5-8-12-22)29(35)33-18-17-23-15-16-25(27(23)33)38-24-13-9-6-10-14-24;1-6-16(4)23(29)25-21(15(2)3)24(30)26-13-12-19-22(26)20(14-27(19)17(5)28)31-18-10-8-7-9-11-18/h5-14,20-21,23,25-27H,15-19H2,1-4H3,(H,31,34);7-11,15-16,19-22H,6,12-14H2,1-5H3,(H,25,29)/t21-,23+,25-,26-,27-;16-,19-,20+,21+,22+/m01/s1. The molecule has 0 unspecified atom stereocenters. The van der Waals surface area contributed by atoms with Crippen molar-refractivity contribution in [3.8, 4) is 11.5 Å². The van der Waals surface area contributed by atoms with Crippen LogP contribution >= 0.6 is 0 Å². The molecule has 3 aromatic rings. The van der Waals surface area contributed by atoms with Crippen LogP contribution in [0.1, 0.15) is 93.1 Å². The van der Waals surface area contributed by atoms with Gasteiger partial charge >= 0.3 is 6.09 Å². The van der Waals surface area contributed by atoms with Crippen LogP contribution in [0, 0.1) is 23.7 Å². The van der Waals surface area contributed by atoms with Crippen molar-refractivity contribution in [1.82, 2.24) is 30.2 Å². The number of para-hydroxylation sites is 2. The number of benzene rings is 3. The molecule has 3 aliphatic heterocycles. The lowest BCUT2D eigenvalue weighted by Crippen LogP contribution is -2.57. The highest BCUT2D eigenvalue weighted by molar-refractivity contribution is 5.92. The van der Waals surface area contributed by atoms with Crippen molar-refractivity contribution in [2.24, 2.45) is 23.7 Å². The van der Waals surface area contributed by atoms with E-state index in [0.717, 1.165) is 49.2 Å². The summed E-state index contributed by atoms with van der Waals surface area (Å²) >= 11 is 0. The fourth-order valence-corrected chi connectivity index (χ4v) is 10.0. The Morgan fingerprint density at radius 2 is 1.14 bits per heavy atom. The molecule has 374 valence electrons. The molecule has 10 atom stereocenters. The molecule has 7 rings (SSSR count). The van der Waals surface area contributed by atoms with Gasteiger partial charge < -0.3 is 39.5 Å².